The number of aromatic nitrogens is 4. The SMILES string of the molecule is CN=C(NCCc1cn2cccc(C)c2n1)NCc1ccccc1-n1nc(C)cc1C. The van der Waals surface area contributed by atoms with E-state index in [1.807, 2.05) is 36.0 Å². The van der Waals surface area contributed by atoms with Crippen LogP contribution in [0, 0.1) is 20.8 Å². The van der Waals surface area contributed by atoms with Crippen LogP contribution in [0.3, 0.4) is 0 Å². The Bertz CT molecular complexity index is 1220. The third kappa shape index (κ3) is 4.60. The first kappa shape index (κ1) is 20.7. The quantitative estimate of drug-likeness (QED) is 0.374. The Labute approximate surface area is 182 Å². The Morgan fingerprint density at radius 2 is 1.90 bits per heavy atom. The number of benzene rings is 1. The van der Waals surface area contributed by atoms with Gasteiger partial charge in [0.25, 0.3) is 0 Å². The lowest BCUT2D eigenvalue weighted by Crippen LogP contribution is -2.38. The van der Waals surface area contributed by atoms with Crippen LogP contribution in [0.15, 0.2) is 59.9 Å². The summed E-state index contributed by atoms with van der Waals surface area (Å²) in [6.45, 7) is 7.58. The zero-order chi connectivity index (χ0) is 21.8. The van der Waals surface area contributed by atoms with E-state index in [0.717, 1.165) is 52.9 Å². The lowest BCUT2D eigenvalue weighted by molar-refractivity contribution is 0.771. The molecule has 4 rings (SSSR count). The van der Waals surface area contributed by atoms with E-state index in [0.29, 0.717) is 6.54 Å². The fraction of sp³-hybridized carbons (Fsp3) is 0.292. The first-order valence-corrected chi connectivity index (χ1v) is 10.5. The predicted octanol–water partition coefficient (Wildman–Crippen LogP) is 3.35. The fourth-order valence-electron chi connectivity index (χ4n) is 3.77. The van der Waals surface area contributed by atoms with E-state index in [9.17, 15) is 0 Å². The predicted molar refractivity (Wildman–Crippen MR) is 125 cm³/mol. The van der Waals surface area contributed by atoms with Gasteiger partial charge in [-0.3, -0.25) is 4.99 Å². The lowest BCUT2D eigenvalue weighted by Gasteiger charge is -2.15. The maximum absolute atomic E-state index is 4.74. The zero-order valence-corrected chi connectivity index (χ0v) is 18.6. The average Bonchev–Trinajstić information content (AvgIpc) is 3.33. The third-order valence-corrected chi connectivity index (χ3v) is 5.30. The molecule has 2 N–H and O–H groups in total. The molecular weight excluding hydrogens is 386 g/mol. The molecule has 4 aromatic rings. The second kappa shape index (κ2) is 9.04. The van der Waals surface area contributed by atoms with Gasteiger partial charge in [-0.1, -0.05) is 24.3 Å². The third-order valence-electron chi connectivity index (χ3n) is 5.30. The molecule has 0 atom stereocenters. The number of aryl methyl sites for hydroxylation is 3. The minimum absolute atomic E-state index is 0.655. The van der Waals surface area contributed by atoms with E-state index in [1.165, 1.54) is 5.56 Å². The smallest absolute Gasteiger partial charge is 0.191 e. The summed E-state index contributed by atoms with van der Waals surface area (Å²) in [5.74, 6) is 0.767. The molecule has 1 aromatic carbocycles. The summed E-state index contributed by atoms with van der Waals surface area (Å²) in [6, 6.07) is 14.5. The maximum atomic E-state index is 4.74. The van der Waals surface area contributed by atoms with Crippen LogP contribution in [-0.4, -0.2) is 38.7 Å². The molecule has 7 nitrogen and oxygen atoms in total. The molecule has 0 unspecified atom stereocenters. The highest BCUT2D eigenvalue weighted by molar-refractivity contribution is 5.79. The fourth-order valence-corrected chi connectivity index (χ4v) is 3.77. The molecule has 0 aliphatic heterocycles. The number of para-hydroxylation sites is 1. The topological polar surface area (TPSA) is 71.5 Å². The van der Waals surface area contributed by atoms with Crippen LogP contribution in [0.2, 0.25) is 0 Å². The molecule has 0 radical (unpaired) electrons. The second-order valence-electron chi connectivity index (χ2n) is 7.72. The molecule has 0 fully saturated rings. The molecule has 0 aliphatic rings. The van der Waals surface area contributed by atoms with Gasteiger partial charge in [0.15, 0.2) is 5.96 Å². The number of hydrogen-bond acceptors (Lipinski definition) is 3. The van der Waals surface area contributed by atoms with Crippen molar-refractivity contribution in [2.75, 3.05) is 13.6 Å². The van der Waals surface area contributed by atoms with Gasteiger partial charge in [0.1, 0.15) is 5.65 Å². The Hall–Kier alpha value is -3.61. The molecule has 0 spiro atoms. The van der Waals surface area contributed by atoms with E-state index in [-0.39, 0.29) is 0 Å². The number of nitrogens with one attached hydrogen (secondary N) is 2. The van der Waals surface area contributed by atoms with E-state index in [1.54, 1.807) is 7.05 Å². The van der Waals surface area contributed by atoms with Crippen molar-refractivity contribution in [3.05, 3.63) is 83.1 Å². The highest BCUT2D eigenvalue weighted by atomic mass is 15.3. The molecule has 0 saturated heterocycles. The highest BCUT2D eigenvalue weighted by Crippen LogP contribution is 2.17. The summed E-state index contributed by atoms with van der Waals surface area (Å²) in [6.07, 6.45) is 4.95. The molecule has 0 saturated carbocycles. The molecule has 160 valence electrons. The van der Waals surface area contributed by atoms with E-state index < -0.39 is 0 Å². The van der Waals surface area contributed by atoms with Crippen LogP contribution in [0.5, 0.6) is 0 Å². The summed E-state index contributed by atoms with van der Waals surface area (Å²) >= 11 is 0. The van der Waals surface area contributed by atoms with Crippen molar-refractivity contribution in [2.45, 2.75) is 33.7 Å². The number of hydrogen-bond donors (Lipinski definition) is 2. The second-order valence-corrected chi connectivity index (χ2v) is 7.72. The number of imidazole rings is 1. The van der Waals surface area contributed by atoms with Gasteiger partial charge in [-0.15, -0.1) is 0 Å². The van der Waals surface area contributed by atoms with Gasteiger partial charge >= 0.3 is 0 Å². The van der Waals surface area contributed by atoms with Crippen LogP contribution < -0.4 is 10.6 Å². The van der Waals surface area contributed by atoms with Gasteiger partial charge in [-0.25, -0.2) is 9.67 Å². The minimum Gasteiger partial charge on any atom is -0.356 e. The summed E-state index contributed by atoms with van der Waals surface area (Å²) in [5, 5.41) is 11.4. The molecule has 3 heterocycles. The monoisotopic (exact) mass is 415 g/mol. The highest BCUT2D eigenvalue weighted by Gasteiger charge is 2.09. The Morgan fingerprint density at radius 3 is 2.65 bits per heavy atom. The maximum Gasteiger partial charge on any atom is 0.191 e. The summed E-state index contributed by atoms with van der Waals surface area (Å²) in [5.41, 5.74) is 7.63. The number of pyridine rings is 1. The van der Waals surface area contributed by atoms with Gasteiger partial charge in [-0.2, -0.15) is 5.10 Å². The van der Waals surface area contributed by atoms with Crippen LogP contribution in [0.1, 0.15) is 28.2 Å². The van der Waals surface area contributed by atoms with Crippen molar-refractivity contribution in [1.82, 2.24) is 29.8 Å². The van der Waals surface area contributed by atoms with Gasteiger partial charge in [-0.05, 0) is 50.1 Å². The number of guanidine groups is 1. The Kier molecular flexibility index (Phi) is 6.02. The first-order valence-electron chi connectivity index (χ1n) is 10.5. The van der Waals surface area contributed by atoms with Crippen LogP contribution in [-0.2, 0) is 13.0 Å². The minimum atomic E-state index is 0.655. The summed E-state index contributed by atoms with van der Waals surface area (Å²) < 4.78 is 4.07. The largest absolute Gasteiger partial charge is 0.356 e. The van der Waals surface area contributed by atoms with Gasteiger partial charge in [0, 0.05) is 44.6 Å². The van der Waals surface area contributed by atoms with Crippen molar-refractivity contribution < 1.29 is 0 Å². The standard InChI is InChI=1S/C24H29N7/c1-17-8-7-13-30-16-21(28-23(17)30)11-12-26-24(25-4)27-15-20-9-5-6-10-22(20)31-19(3)14-18(2)29-31/h5-10,13-14,16H,11-12,15H2,1-4H3,(H2,25,26,27). The van der Waals surface area contributed by atoms with Crippen LogP contribution in [0.25, 0.3) is 11.3 Å². The van der Waals surface area contributed by atoms with Crippen molar-refractivity contribution in [3.63, 3.8) is 0 Å². The normalized spacial score (nSPS) is 11.8. The van der Waals surface area contributed by atoms with Crippen molar-refractivity contribution >= 4 is 11.6 Å². The van der Waals surface area contributed by atoms with Gasteiger partial charge < -0.3 is 15.0 Å². The van der Waals surface area contributed by atoms with Crippen molar-refractivity contribution in [2.24, 2.45) is 4.99 Å². The zero-order valence-electron chi connectivity index (χ0n) is 18.6. The summed E-state index contributed by atoms with van der Waals surface area (Å²) in [4.78, 5) is 9.10. The van der Waals surface area contributed by atoms with Crippen LogP contribution >= 0.6 is 0 Å². The Morgan fingerprint density at radius 1 is 1.06 bits per heavy atom. The lowest BCUT2D eigenvalue weighted by atomic mass is 10.1. The molecule has 0 amide bonds. The summed E-state index contributed by atoms with van der Waals surface area (Å²) in [7, 11) is 1.79. The number of aliphatic imine (C=N–C) groups is 1. The molecule has 3 aromatic heterocycles. The Balaban J connectivity index is 1.37. The van der Waals surface area contributed by atoms with Gasteiger partial charge in [0.05, 0.1) is 17.1 Å². The van der Waals surface area contributed by atoms with Gasteiger partial charge in [0.2, 0.25) is 0 Å². The number of rotatable bonds is 6. The van der Waals surface area contributed by atoms with E-state index in [2.05, 4.69) is 69.4 Å². The van der Waals surface area contributed by atoms with E-state index in [4.69, 9.17) is 4.98 Å². The average molecular weight is 416 g/mol. The molecule has 31 heavy (non-hydrogen) atoms. The van der Waals surface area contributed by atoms with E-state index >= 15 is 0 Å². The first-order chi connectivity index (χ1) is 15.0. The van der Waals surface area contributed by atoms with Crippen molar-refractivity contribution in [3.8, 4) is 5.69 Å². The molecule has 0 aliphatic carbocycles. The molecule has 7 heteroatoms. The van der Waals surface area contributed by atoms with Crippen molar-refractivity contribution in [1.29, 1.82) is 0 Å². The number of fused-ring (bicyclic) bond motifs is 1. The molecule has 0 bridgehead atoms. The van der Waals surface area contributed by atoms with Crippen LogP contribution in [0.4, 0.5) is 0 Å². The molecular formula is C24H29N7. The number of nitrogens with zero attached hydrogens (tertiary/aromatic N) is 5.